The molecule has 1 heterocycles. The lowest BCUT2D eigenvalue weighted by molar-refractivity contribution is 0.103. The lowest BCUT2D eigenvalue weighted by Crippen LogP contribution is -2.08. The van der Waals surface area contributed by atoms with E-state index in [0.29, 0.717) is 17.0 Å². The molecule has 92 valence electrons. The van der Waals surface area contributed by atoms with Crippen LogP contribution in [0, 0.1) is 13.8 Å². The molecule has 0 amide bonds. The molecule has 0 spiro atoms. The fraction of sp³-hybridized carbons (Fsp3) is 0.200. The quantitative estimate of drug-likeness (QED) is 0.775. The number of rotatable bonds is 3. The number of ether oxygens (including phenoxy) is 1. The molecule has 0 saturated carbocycles. The first-order valence-electron chi connectivity index (χ1n) is 5.74. The van der Waals surface area contributed by atoms with E-state index in [0.717, 1.165) is 11.1 Å². The Morgan fingerprint density at radius 1 is 1.22 bits per heavy atom. The van der Waals surface area contributed by atoms with Gasteiger partial charge in [0.05, 0.1) is 7.11 Å². The van der Waals surface area contributed by atoms with E-state index in [1.54, 1.807) is 18.3 Å². The number of benzene rings is 1. The second kappa shape index (κ2) is 5.00. The molecule has 3 heteroatoms. The first-order chi connectivity index (χ1) is 8.63. The van der Waals surface area contributed by atoms with E-state index in [2.05, 4.69) is 4.98 Å². The summed E-state index contributed by atoms with van der Waals surface area (Å²) in [5.74, 6) is 0.400. The topological polar surface area (TPSA) is 39.2 Å². The van der Waals surface area contributed by atoms with E-state index in [9.17, 15) is 4.79 Å². The number of methoxy groups -OCH3 is 1. The summed E-state index contributed by atoms with van der Waals surface area (Å²) in [6, 6.07) is 9.30. The van der Waals surface area contributed by atoms with Crippen LogP contribution in [0.25, 0.3) is 0 Å². The van der Waals surface area contributed by atoms with Gasteiger partial charge in [0.2, 0.25) is 5.78 Å². The minimum absolute atomic E-state index is 0.103. The molecule has 3 nitrogen and oxygen atoms in total. The Balaban J connectivity index is 2.51. The summed E-state index contributed by atoms with van der Waals surface area (Å²) in [6.45, 7) is 3.88. The second-order valence-corrected chi connectivity index (χ2v) is 4.20. The number of carbonyl (C=O) groups is 1. The van der Waals surface area contributed by atoms with E-state index in [-0.39, 0.29) is 5.78 Å². The SMILES string of the molecule is COc1cccnc1C(=O)c1cc(C)ccc1C. The highest BCUT2D eigenvalue weighted by atomic mass is 16.5. The smallest absolute Gasteiger partial charge is 0.215 e. The van der Waals surface area contributed by atoms with Crippen LogP contribution in [0.1, 0.15) is 27.2 Å². The lowest BCUT2D eigenvalue weighted by Gasteiger charge is -2.08. The third-order valence-electron chi connectivity index (χ3n) is 2.84. The molecule has 0 bridgehead atoms. The van der Waals surface area contributed by atoms with Crippen molar-refractivity contribution in [1.29, 1.82) is 0 Å². The van der Waals surface area contributed by atoms with Gasteiger partial charge in [0.1, 0.15) is 5.75 Å². The monoisotopic (exact) mass is 241 g/mol. The van der Waals surface area contributed by atoms with Crippen LogP contribution in [0.2, 0.25) is 0 Å². The summed E-state index contributed by atoms with van der Waals surface area (Å²) < 4.78 is 5.17. The Morgan fingerprint density at radius 2 is 2.00 bits per heavy atom. The van der Waals surface area contributed by atoms with Gasteiger partial charge in [-0.1, -0.05) is 17.7 Å². The molecular formula is C15H15NO2. The number of nitrogens with zero attached hydrogens (tertiary/aromatic N) is 1. The third-order valence-corrected chi connectivity index (χ3v) is 2.84. The summed E-state index contributed by atoms with van der Waals surface area (Å²) in [6.07, 6.45) is 1.60. The first kappa shape index (κ1) is 12.3. The summed E-state index contributed by atoms with van der Waals surface area (Å²) in [5.41, 5.74) is 3.03. The van der Waals surface area contributed by atoms with Gasteiger partial charge in [0.15, 0.2) is 5.69 Å². The molecule has 2 aromatic rings. The van der Waals surface area contributed by atoms with E-state index in [1.165, 1.54) is 7.11 Å². The normalized spacial score (nSPS) is 10.2. The number of hydrogen-bond donors (Lipinski definition) is 0. The van der Waals surface area contributed by atoms with Crippen LogP contribution in [0.4, 0.5) is 0 Å². The van der Waals surface area contributed by atoms with Gasteiger partial charge in [-0.25, -0.2) is 4.98 Å². The summed E-state index contributed by atoms with van der Waals surface area (Å²) in [7, 11) is 1.54. The van der Waals surface area contributed by atoms with Gasteiger partial charge in [-0.15, -0.1) is 0 Å². The van der Waals surface area contributed by atoms with Crippen LogP contribution in [0.3, 0.4) is 0 Å². The molecule has 0 radical (unpaired) electrons. The first-order valence-corrected chi connectivity index (χ1v) is 5.74. The number of aromatic nitrogens is 1. The van der Waals surface area contributed by atoms with Crippen molar-refractivity contribution < 1.29 is 9.53 Å². The fourth-order valence-corrected chi connectivity index (χ4v) is 1.83. The molecule has 18 heavy (non-hydrogen) atoms. The van der Waals surface area contributed by atoms with Crippen LogP contribution >= 0.6 is 0 Å². The summed E-state index contributed by atoms with van der Waals surface area (Å²) >= 11 is 0. The molecule has 0 atom stereocenters. The fourth-order valence-electron chi connectivity index (χ4n) is 1.83. The van der Waals surface area contributed by atoms with Crippen molar-refractivity contribution in [3.05, 3.63) is 58.9 Å². The van der Waals surface area contributed by atoms with Gasteiger partial charge < -0.3 is 4.74 Å². The van der Waals surface area contributed by atoms with Gasteiger partial charge in [0.25, 0.3) is 0 Å². The zero-order valence-electron chi connectivity index (χ0n) is 10.7. The van der Waals surface area contributed by atoms with Crippen molar-refractivity contribution in [3.8, 4) is 5.75 Å². The highest BCUT2D eigenvalue weighted by Crippen LogP contribution is 2.21. The third kappa shape index (κ3) is 2.25. The number of hydrogen-bond acceptors (Lipinski definition) is 3. The van der Waals surface area contributed by atoms with E-state index >= 15 is 0 Å². The average molecular weight is 241 g/mol. The maximum Gasteiger partial charge on any atom is 0.215 e. The van der Waals surface area contributed by atoms with Crippen molar-refractivity contribution in [1.82, 2.24) is 4.98 Å². The van der Waals surface area contributed by atoms with Crippen LogP contribution in [-0.4, -0.2) is 17.9 Å². The maximum atomic E-state index is 12.5. The molecule has 0 unspecified atom stereocenters. The van der Waals surface area contributed by atoms with Crippen molar-refractivity contribution in [2.75, 3.05) is 7.11 Å². The van der Waals surface area contributed by atoms with Gasteiger partial charge >= 0.3 is 0 Å². The van der Waals surface area contributed by atoms with Gasteiger partial charge in [-0.2, -0.15) is 0 Å². The predicted molar refractivity (Wildman–Crippen MR) is 70.1 cm³/mol. The van der Waals surface area contributed by atoms with Crippen molar-refractivity contribution >= 4 is 5.78 Å². The van der Waals surface area contributed by atoms with Crippen molar-refractivity contribution in [2.24, 2.45) is 0 Å². The van der Waals surface area contributed by atoms with Crippen molar-refractivity contribution in [3.63, 3.8) is 0 Å². The minimum atomic E-state index is -0.103. The maximum absolute atomic E-state index is 12.5. The molecular weight excluding hydrogens is 226 g/mol. The van der Waals surface area contributed by atoms with Gasteiger partial charge in [-0.3, -0.25) is 4.79 Å². The largest absolute Gasteiger partial charge is 0.494 e. The molecule has 2 rings (SSSR count). The molecule has 0 saturated heterocycles. The molecule has 0 aliphatic heterocycles. The predicted octanol–water partition coefficient (Wildman–Crippen LogP) is 2.94. The molecule has 0 aliphatic rings. The second-order valence-electron chi connectivity index (χ2n) is 4.20. The molecule has 1 aromatic heterocycles. The zero-order valence-corrected chi connectivity index (χ0v) is 10.7. The van der Waals surface area contributed by atoms with Gasteiger partial charge in [0, 0.05) is 11.8 Å². The van der Waals surface area contributed by atoms with Gasteiger partial charge in [-0.05, 0) is 37.6 Å². The molecule has 1 aromatic carbocycles. The Hall–Kier alpha value is -2.16. The van der Waals surface area contributed by atoms with Crippen LogP contribution in [-0.2, 0) is 0 Å². The molecule has 0 aliphatic carbocycles. The number of carbonyl (C=O) groups excluding carboxylic acids is 1. The Kier molecular flexibility index (Phi) is 3.42. The zero-order chi connectivity index (χ0) is 13.1. The summed E-state index contributed by atoms with van der Waals surface area (Å²) in [5, 5.41) is 0. The number of ketones is 1. The Bertz CT molecular complexity index is 591. The molecule has 0 N–H and O–H groups in total. The molecule has 0 fully saturated rings. The average Bonchev–Trinajstić information content (AvgIpc) is 2.40. The van der Waals surface area contributed by atoms with E-state index in [1.807, 2.05) is 32.0 Å². The Morgan fingerprint density at radius 3 is 2.72 bits per heavy atom. The minimum Gasteiger partial charge on any atom is -0.494 e. The Labute approximate surface area is 106 Å². The van der Waals surface area contributed by atoms with E-state index < -0.39 is 0 Å². The van der Waals surface area contributed by atoms with Crippen LogP contribution in [0.15, 0.2) is 36.5 Å². The van der Waals surface area contributed by atoms with E-state index in [4.69, 9.17) is 4.74 Å². The number of pyridine rings is 1. The number of aryl methyl sites for hydroxylation is 2. The standard InChI is InChI=1S/C15H15NO2/c1-10-6-7-11(2)12(9-10)15(17)14-13(18-3)5-4-8-16-14/h4-9H,1-3H3. The highest BCUT2D eigenvalue weighted by Gasteiger charge is 2.17. The summed E-state index contributed by atoms with van der Waals surface area (Å²) in [4.78, 5) is 16.6. The highest BCUT2D eigenvalue weighted by molar-refractivity contribution is 6.10. The van der Waals surface area contributed by atoms with Crippen LogP contribution in [0.5, 0.6) is 5.75 Å². The lowest BCUT2D eigenvalue weighted by atomic mass is 9.99. The van der Waals surface area contributed by atoms with Crippen molar-refractivity contribution in [2.45, 2.75) is 13.8 Å². The van der Waals surface area contributed by atoms with Crippen LogP contribution < -0.4 is 4.74 Å².